The highest BCUT2D eigenvalue weighted by molar-refractivity contribution is 7.99. The quantitative estimate of drug-likeness (QED) is 0.248. The Hall–Kier alpha value is -1.91. The van der Waals surface area contributed by atoms with Crippen LogP contribution in [0, 0.1) is 0 Å². The molecular formula is C37H44Cl3N2S+. The van der Waals surface area contributed by atoms with Crippen molar-refractivity contribution >= 4 is 63.7 Å². The van der Waals surface area contributed by atoms with Gasteiger partial charge in [0.2, 0.25) is 5.69 Å². The Kier molecular flexibility index (Phi) is 9.98. The Balaban J connectivity index is 1.50. The van der Waals surface area contributed by atoms with Crippen molar-refractivity contribution in [2.45, 2.75) is 78.1 Å². The summed E-state index contributed by atoms with van der Waals surface area (Å²) in [5.74, 6) is 1.81. The van der Waals surface area contributed by atoms with Crippen LogP contribution < -0.4 is 4.90 Å². The number of benzene rings is 2. The van der Waals surface area contributed by atoms with Gasteiger partial charge in [-0.3, -0.25) is 0 Å². The van der Waals surface area contributed by atoms with E-state index in [-0.39, 0.29) is 10.8 Å². The molecule has 0 bridgehead atoms. The highest BCUT2D eigenvalue weighted by Gasteiger charge is 2.44. The molecule has 0 N–H and O–H groups in total. The molecule has 3 heterocycles. The number of halogens is 3. The minimum Gasteiger partial charge on any atom is -0.344 e. The maximum atomic E-state index is 7.17. The molecule has 2 aromatic carbocycles. The van der Waals surface area contributed by atoms with Crippen LogP contribution in [0.4, 0.5) is 11.4 Å². The van der Waals surface area contributed by atoms with Crippen LogP contribution in [0.15, 0.2) is 82.6 Å². The second-order valence-electron chi connectivity index (χ2n) is 12.9. The van der Waals surface area contributed by atoms with E-state index in [0.29, 0.717) is 0 Å². The molecule has 5 rings (SSSR count). The first kappa shape index (κ1) is 32.5. The molecule has 0 unspecified atom stereocenters. The topological polar surface area (TPSA) is 6.25 Å². The molecule has 0 atom stereocenters. The molecule has 0 saturated heterocycles. The molecule has 0 fully saturated rings. The van der Waals surface area contributed by atoms with Crippen molar-refractivity contribution in [2.24, 2.45) is 0 Å². The Labute approximate surface area is 278 Å². The van der Waals surface area contributed by atoms with Gasteiger partial charge >= 0.3 is 0 Å². The van der Waals surface area contributed by atoms with Gasteiger partial charge in [-0.25, -0.2) is 0 Å². The molecule has 0 saturated carbocycles. The first-order valence-electron chi connectivity index (χ1n) is 15.6. The first-order valence-corrected chi connectivity index (χ1v) is 17.9. The summed E-state index contributed by atoms with van der Waals surface area (Å²) in [6.07, 6.45) is 13.7. The highest BCUT2D eigenvalue weighted by Crippen LogP contribution is 2.49. The molecular weight excluding hydrogens is 611 g/mol. The summed E-state index contributed by atoms with van der Waals surface area (Å²) in [5.41, 5.74) is 9.78. The van der Waals surface area contributed by atoms with E-state index in [1.165, 1.54) is 45.1 Å². The average Bonchev–Trinajstić information content (AvgIpc) is 3.31. The second kappa shape index (κ2) is 13.2. The van der Waals surface area contributed by atoms with Crippen molar-refractivity contribution in [3.8, 4) is 0 Å². The van der Waals surface area contributed by atoms with Crippen LogP contribution in [0.25, 0.3) is 0 Å². The number of nitrogens with zero attached hydrogens (tertiary/aromatic N) is 2. The SMILES string of the molecule is CCCCN1/C(=C/C=C2\CSCC(/C=C/C3=[N+](CCCC)c4ccc(Cl)cc4C3(C)C)=C2Cl)C(C)(C)c2cc(Cl)ccc21. The van der Waals surface area contributed by atoms with Crippen LogP contribution in [-0.2, 0) is 10.8 Å². The number of fused-ring (bicyclic) bond motifs is 2. The molecule has 0 spiro atoms. The zero-order valence-corrected chi connectivity index (χ0v) is 29.5. The van der Waals surface area contributed by atoms with Crippen LogP contribution in [0.5, 0.6) is 0 Å². The van der Waals surface area contributed by atoms with Crippen molar-refractivity contribution in [3.05, 3.63) is 104 Å². The lowest BCUT2D eigenvalue weighted by molar-refractivity contribution is -0.438. The molecule has 2 aromatic rings. The van der Waals surface area contributed by atoms with Crippen molar-refractivity contribution in [1.82, 2.24) is 0 Å². The van der Waals surface area contributed by atoms with Crippen LogP contribution in [0.1, 0.15) is 78.4 Å². The Bertz CT molecular complexity index is 1560. The minimum absolute atomic E-state index is 0.143. The number of anilines is 1. The van der Waals surface area contributed by atoms with Gasteiger partial charge in [-0.15, -0.1) is 0 Å². The maximum absolute atomic E-state index is 7.17. The number of hydrogen-bond donors (Lipinski definition) is 0. The molecule has 2 nitrogen and oxygen atoms in total. The minimum atomic E-state index is -0.143. The van der Waals surface area contributed by atoms with Crippen molar-refractivity contribution in [1.29, 1.82) is 0 Å². The number of hydrogen-bond acceptors (Lipinski definition) is 2. The third-order valence-electron chi connectivity index (χ3n) is 9.14. The normalized spacial score (nSPS) is 21.1. The molecule has 228 valence electrons. The summed E-state index contributed by atoms with van der Waals surface area (Å²) in [7, 11) is 0. The summed E-state index contributed by atoms with van der Waals surface area (Å²) >= 11 is 22.0. The predicted molar refractivity (Wildman–Crippen MR) is 191 cm³/mol. The average molecular weight is 655 g/mol. The summed E-state index contributed by atoms with van der Waals surface area (Å²) in [6, 6.07) is 12.6. The fourth-order valence-electron chi connectivity index (χ4n) is 6.62. The summed E-state index contributed by atoms with van der Waals surface area (Å²) in [6.45, 7) is 15.7. The standard InChI is InChI=1S/C37H44Cl3N2S/c1-7-9-19-41-31-15-13-27(38)21-29(31)36(3,4)33(41)17-11-25-23-43-24-26(35(25)40)12-18-34-37(5,6)30-22-28(39)14-16-32(30)42(34)20-10-8-2/h11-18,21-22H,7-10,19-20,23-24H2,1-6H3/q+1. The van der Waals surface area contributed by atoms with Crippen LogP contribution >= 0.6 is 46.6 Å². The molecule has 6 heteroatoms. The van der Waals surface area contributed by atoms with Crippen molar-refractivity contribution in [3.63, 3.8) is 0 Å². The van der Waals surface area contributed by atoms with Gasteiger partial charge in [0.15, 0.2) is 5.71 Å². The van der Waals surface area contributed by atoms with Crippen molar-refractivity contribution in [2.75, 3.05) is 29.5 Å². The number of rotatable bonds is 9. The van der Waals surface area contributed by atoms with E-state index >= 15 is 0 Å². The lowest BCUT2D eigenvalue weighted by atomic mass is 9.81. The molecule has 0 amide bonds. The fourth-order valence-corrected chi connectivity index (χ4v) is 8.40. The molecule has 0 radical (unpaired) electrons. The summed E-state index contributed by atoms with van der Waals surface area (Å²) < 4.78 is 2.48. The Morgan fingerprint density at radius 1 is 0.837 bits per heavy atom. The fraction of sp³-hybridized carbons (Fsp3) is 0.432. The van der Waals surface area contributed by atoms with Gasteiger partial charge in [-0.1, -0.05) is 87.5 Å². The summed E-state index contributed by atoms with van der Waals surface area (Å²) in [4.78, 5) is 2.48. The number of unbranched alkanes of at least 4 members (excludes halogenated alkanes) is 2. The lowest BCUT2D eigenvalue weighted by Gasteiger charge is -2.27. The van der Waals surface area contributed by atoms with Gasteiger partial charge < -0.3 is 4.90 Å². The van der Waals surface area contributed by atoms with E-state index < -0.39 is 0 Å². The van der Waals surface area contributed by atoms with Gasteiger partial charge in [0, 0.05) is 74.1 Å². The predicted octanol–water partition coefficient (Wildman–Crippen LogP) is 11.4. The van der Waals surface area contributed by atoms with E-state index in [9.17, 15) is 0 Å². The molecule has 0 aliphatic carbocycles. The van der Waals surface area contributed by atoms with Crippen LogP contribution in [0.3, 0.4) is 0 Å². The summed E-state index contributed by atoms with van der Waals surface area (Å²) in [5, 5.41) is 2.45. The Morgan fingerprint density at radius 3 is 2.26 bits per heavy atom. The first-order chi connectivity index (χ1) is 20.5. The Morgan fingerprint density at radius 2 is 1.53 bits per heavy atom. The van der Waals surface area contributed by atoms with Gasteiger partial charge in [-0.2, -0.15) is 16.3 Å². The third-order valence-corrected chi connectivity index (χ3v) is 11.1. The van der Waals surface area contributed by atoms with Gasteiger partial charge in [0.05, 0.1) is 5.41 Å². The lowest BCUT2D eigenvalue weighted by Crippen LogP contribution is -2.28. The zero-order chi connectivity index (χ0) is 30.9. The van der Waals surface area contributed by atoms with Crippen LogP contribution in [0.2, 0.25) is 10.0 Å². The van der Waals surface area contributed by atoms with E-state index in [2.05, 4.69) is 99.6 Å². The van der Waals surface area contributed by atoms with E-state index in [1.54, 1.807) is 0 Å². The van der Waals surface area contributed by atoms with E-state index in [0.717, 1.165) is 65.4 Å². The number of allylic oxidation sites excluding steroid dienone is 6. The smallest absolute Gasteiger partial charge is 0.209 e. The molecule has 3 aliphatic heterocycles. The highest BCUT2D eigenvalue weighted by atomic mass is 35.5. The van der Waals surface area contributed by atoms with E-state index in [1.807, 2.05) is 23.9 Å². The molecule has 3 aliphatic rings. The molecule has 43 heavy (non-hydrogen) atoms. The van der Waals surface area contributed by atoms with Gasteiger partial charge in [-0.05, 0) is 73.4 Å². The number of thioether (sulfide) groups is 1. The monoisotopic (exact) mass is 653 g/mol. The third kappa shape index (κ3) is 6.30. The second-order valence-corrected chi connectivity index (χ2v) is 15.1. The van der Waals surface area contributed by atoms with Gasteiger partial charge in [0.25, 0.3) is 0 Å². The van der Waals surface area contributed by atoms with Crippen molar-refractivity contribution < 1.29 is 4.58 Å². The maximum Gasteiger partial charge on any atom is 0.209 e. The van der Waals surface area contributed by atoms with Crippen LogP contribution in [-0.4, -0.2) is 34.9 Å². The van der Waals surface area contributed by atoms with Gasteiger partial charge in [0.1, 0.15) is 6.54 Å². The van der Waals surface area contributed by atoms with E-state index in [4.69, 9.17) is 34.8 Å². The zero-order valence-electron chi connectivity index (χ0n) is 26.4. The largest absolute Gasteiger partial charge is 0.344 e. The molecule has 0 aromatic heterocycles.